The van der Waals surface area contributed by atoms with Gasteiger partial charge in [-0.2, -0.15) is 0 Å². The maximum Gasteiger partial charge on any atom is 0.223 e. The van der Waals surface area contributed by atoms with Crippen LogP contribution >= 0.6 is 11.3 Å². The van der Waals surface area contributed by atoms with Crippen molar-refractivity contribution in [3.63, 3.8) is 0 Å². The summed E-state index contributed by atoms with van der Waals surface area (Å²) < 4.78 is 0. The zero-order chi connectivity index (χ0) is 12.3. The van der Waals surface area contributed by atoms with E-state index in [1.54, 1.807) is 11.3 Å². The SMILES string of the molecule is CC(C)C1CCCN1C(=O)CCc1cccs1. The Morgan fingerprint density at radius 1 is 1.59 bits per heavy atom. The van der Waals surface area contributed by atoms with Crippen LogP contribution in [0.3, 0.4) is 0 Å². The number of nitrogens with zero attached hydrogens (tertiary/aromatic N) is 1. The summed E-state index contributed by atoms with van der Waals surface area (Å²) in [4.78, 5) is 15.6. The molecule has 0 spiro atoms. The van der Waals surface area contributed by atoms with Crippen LogP contribution in [0.15, 0.2) is 17.5 Å². The monoisotopic (exact) mass is 251 g/mol. The van der Waals surface area contributed by atoms with Crippen molar-refractivity contribution in [2.75, 3.05) is 6.54 Å². The van der Waals surface area contributed by atoms with E-state index < -0.39 is 0 Å². The molecule has 1 aliphatic heterocycles. The fourth-order valence-corrected chi connectivity index (χ4v) is 3.33. The van der Waals surface area contributed by atoms with Crippen molar-refractivity contribution in [2.45, 2.75) is 45.6 Å². The smallest absolute Gasteiger partial charge is 0.223 e. The van der Waals surface area contributed by atoms with Crippen LogP contribution in [0.25, 0.3) is 0 Å². The Labute approximate surface area is 108 Å². The average molecular weight is 251 g/mol. The number of hydrogen-bond acceptors (Lipinski definition) is 2. The topological polar surface area (TPSA) is 20.3 Å². The van der Waals surface area contributed by atoms with Gasteiger partial charge in [-0.05, 0) is 36.6 Å². The third-order valence-electron chi connectivity index (χ3n) is 3.55. The van der Waals surface area contributed by atoms with Gasteiger partial charge in [-0.25, -0.2) is 0 Å². The lowest BCUT2D eigenvalue weighted by Gasteiger charge is -2.27. The molecule has 1 aliphatic rings. The highest BCUT2D eigenvalue weighted by atomic mass is 32.1. The molecule has 1 amide bonds. The van der Waals surface area contributed by atoms with Crippen molar-refractivity contribution in [3.8, 4) is 0 Å². The van der Waals surface area contributed by atoms with Gasteiger partial charge < -0.3 is 4.90 Å². The number of hydrogen-bond donors (Lipinski definition) is 0. The van der Waals surface area contributed by atoms with E-state index in [0.717, 1.165) is 13.0 Å². The molecule has 1 aromatic rings. The van der Waals surface area contributed by atoms with Crippen LogP contribution in [0.2, 0.25) is 0 Å². The van der Waals surface area contributed by atoms with Crippen molar-refractivity contribution in [1.29, 1.82) is 0 Å². The first-order chi connectivity index (χ1) is 8.18. The lowest BCUT2D eigenvalue weighted by molar-refractivity contribution is -0.132. The number of thiophene rings is 1. The average Bonchev–Trinajstić information content (AvgIpc) is 2.96. The highest BCUT2D eigenvalue weighted by Gasteiger charge is 2.30. The maximum absolute atomic E-state index is 12.2. The van der Waals surface area contributed by atoms with Crippen LogP contribution < -0.4 is 0 Å². The number of carbonyl (C=O) groups excluding carboxylic acids is 1. The van der Waals surface area contributed by atoms with Gasteiger partial charge in [0.2, 0.25) is 5.91 Å². The Bertz CT molecular complexity index is 358. The minimum absolute atomic E-state index is 0.342. The van der Waals surface area contributed by atoms with E-state index in [0.29, 0.717) is 24.3 Å². The summed E-state index contributed by atoms with van der Waals surface area (Å²) in [6.07, 6.45) is 3.93. The van der Waals surface area contributed by atoms with Crippen LogP contribution in [0.1, 0.15) is 38.0 Å². The Morgan fingerprint density at radius 3 is 3.06 bits per heavy atom. The van der Waals surface area contributed by atoms with E-state index in [4.69, 9.17) is 0 Å². The van der Waals surface area contributed by atoms with Crippen LogP contribution in [-0.4, -0.2) is 23.4 Å². The molecule has 17 heavy (non-hydrogen) atoms. The largest absolute Gasteiger partial charge is 0.339 e. The molecule has 1 fully saturated rings. The van der Waals surface area contributed by atoms with E-state index in [1.165, 1.54) is 17.7 Å². The summed E-state index contributed by atoms with van der Waals surface area (Å²) in [7, 11) is 0. The summed E-state index contributed by atoms with van der Waals surface area (Å²) in [5.74, 6) is 0.929. The normalized spacial score (nSPS) is 20.2. The van der Waals surface area contributed by atoms with Crippen LogP contribution in [0.4, 0.5) is 0 Å². The van der Waals surface area contributed by atoms with Crippen LogP contribution in [-0.2, 0) is 11.2 Å². The summed E-state index contributed by atoms with van der Waals surface area (Å²) in [6.45, 7) is 5.40. The van der Waals surface area contributed by atoms with Crippen molar-refractivity contribution in [1.82, 2.24) is 4.90 Å². The predicted octanol–water partition coefficient (Wildman–Crippen LogP) is 3.33. The number of likely N-dealkylation sites (tertiary alicyclic amines) is 1. The van der Waals surface area contributed by atoms with Crippen molar-refractivity contribution in [2.24, 2.45) is 5.92 Å². The van der Waals surface area contributed by atoms with Gasteiger partial charge in [0.15, 0.2) is 0 Å². The Balaban J connectivity index is 1.87. The lowest BCUT2D eigenvalue weighted by Crippen LogP contribution is -2.38. The predicted molar refractivity (Wildman–Crippen MR) is 72.2 cm³/mol. The molecule has 2 rings (SSSR count). The first-order valence-electron chi connectivity index (χ1n) is 6.50. The number of rotatable bonds is 4. The third-order valence-corrected chi connectivity index (χ3v) is 4.49. The third kappa shape index (κ3) is 3.09. The minimum atomic E-state index is 0.342. The Hall–Kier alpha value is -0.830. The van der Waals surface area contributed by atoms with E-state index in [1.807, 2.05) is 0 Å². The number of carbonyl (C=O) groups is 1. The van der Waals surface area contributed by atoms with Gasteiger partial charge in [0, 0.05) is 23.9 Å². The second kappa shape index (κ2) is 5.67. The summed E-state index contributed by atoms with van der Waals surface area (Å²) >= 11 is 1.74. The Morgan fingerprint density at radius 2 is 2.41 bits per heavy atom. The van der Waals surface area contributed by atoms with Gasteiger partial charge in [-0.1, -0.05) is 19.9 Å². The molecule has 94 valence electrons. The van der Waals surface area contributed by atoms with E-state index in [9.17, 15) is 4.79 Å². The molecular weight excluding hydrogens is 230 g/mol. The molecule has 2 heterocycles. The highest BCUT2D eigenvalue weighted by Crippen LogP contribution is 2.24. The first kappa shape index (κ1) is 12.6. The number of amides is 1. The molecule has 0 radical (unpaired) electrons. The maximum atomic E-state index is 12.2. The second-order valence-electron chi connectivity index (χ2n) is 5.12. The molecule has 0 N–H and O–H groups in total. The molecule has 1 aromatic heterocycles. The van der Waals surface area contributed by atoms with E-state index in [-0.39, 0.29) is 0 Å². The van der Waals surface area contributed by atoms with Gasteiger partial charge in [-0.3, -0.25) is 4.79 Å². The van der Waals surface area contributed by atoms with Crippen molar-refractivity contribution >= 4 is 17.2 Å². The van der Waals surface area contributed by atoms with Gasteiger partial charge in [0.25, 0.3) is 0 Å². The van der Waals surface area contributed by atoms with E-state index in [2.05, 4.69) is 36.3 Å². The molecule has 2 nitrogen and oxygen atoms in total. The van der Waals surface area contributed by atoms with Gasteiger partial charge in [-0.15, -0.1) is 11.3 Å². The zero-order valence-electron chi connectivity index (χ0n) is 10.7. The fourth-order valence-electron chi connectivity index (χ4n) is 2.62. The molecular formula is C14H21NOS. The fraction of sp³-hybridized carbons (Fsp3) is 0.643. The van der Waals surface area contributed by atoms with Crippen LogP contribution in [0.5, 0.6) is 0 Å². The first-order valence-corrected chi connectivity index (χ1v) is 7.38. The molecule has 1 unspecified atom stereocenters. The van der Waals surface area contributed by atoms with Gasteiger partial charge in [0.05, 0.1) is 0 Å². The molecule has 0 saturated carbocycles. The van der Waals surface area contributed by atoms with Crippen molar-refractivity contribution < 1.29 is 4.79 Å². The zero-order valence-corrected chi connectivity index (χ0v) is 11.5. The Kier molecular flexibility index (Phi) is 4.21. The second-order valence-corrected chi connectivity index (χ2v) is 6.15. The standard InChI is InChI=1S/C14H21NOS/c1-11(2)13-6-3-9-15(13)14(16)8-7-12-5-4-10-17-12/h4-5,10-11,13H,3,6-9H2,1-2H3. The molecule has 0 aromatic carbocycles. The highest BCUT2D eigenvalue weighted by molar-refractivity contribution is 7.09. The van der Waals surface area contributed by atoms with Gasteiger partial charge in [0.1, 0.15) is 0 Å². The quantitative estimate of drug-likeness (QED) is 0.804. The van der Waals surface area contributed by atoms with Gasteiger partial charge >= 0.3 is 0 Å². The van der Waals surface area contributed by atoms with Crippen LogP contribution in [0, 0.1) is 5.92 Å². The molecule has 0 aliphatic carbocycles. The van der Waals surface area contributed by atoms with E-state index >= 15 is 0 Å². The van der Waals surface area contributed by atoms with Crippen molar-refractivity contribution in [3.05, 3.63) is 22.4 Å². The molecule has 0 bridgehead atoms. The molecule has 1 atom stereocenters. The summed E-state index contributed by atoms with van der Waals surface area (Å²) in [5, 5.41) is 2.08. The summed E-state index contributed by atoms with van der Waals surface area (Å²) in [5.41, 5.74) is 0. The molecule has 1 saturated heterocycles. The minimum Gasteiger partial charge on any atom is -0.339 e. The number of aryl methyl sites for hydroxylation is 1. The lowest BCUT2D eigenvalue weighted by atomic mass is 10.0. The summed E-state index contributed by atoms with van der Waals surface area (Å²) in [6, 6.07) is 4.64. The molecule has 3 heteroatoms.